The molecule has 0 aliphatic carbocycles. The summed E-state index contributed by atoms with van der Waals surface area (Å²) in [5.74, 6) is -1.89. The average Bonchev–Trinajstić information content (AvgIpc) is 3.12. The minimum atomic E-state index is -4.25. The zero-order valence-corrected chi connectivity index (χ0v) is 32.1. The highest BCUT2D eigenvalue weighted by Gasteiger charge is 2.30. The second-order valence-corrected chi connectivity index (χ2v) is 15.5. The third-order valence-electron chi connectivity index (χ3n) is 9.17. The molecule has 3 rings (SSSR count). The molecule has 0 aliphatic heterocycles. The van der Waals surface area contributed by atoms with E-state index in [4.69, 9.17) is 15.2 Å². The molecule has 1 amide bonds. The lowest BCUT2D eigenvalue weighted by atomic mass is 10.0. The van der Waals surface area contributed by atoms with Gasteiger partial charge in [-0.3, -0.25) is 14.4 Å². The minimum Gasteiger partial charge on any atom is -0.461 e. The van der Waals surface area contributed by atoms with Crippen LogP contribution in [-0.4, -0.2) is 52.5 Å². The molecule has 11 heteroatoms. The third kappa shape index (κ3) is 14.9. The number of carbonyl (C=O) groups is 3. The van der Waals surface area contributed by atoms with Crippen molar-refractivity contribution < 1.29 is 32.3 Å². The van der Waals surface area contributed by atoms with Crippen LogP contribution in [0.1, 0.15) is 115 Å². The number of ether oxygens (including phenoxy) is 2. The number of nitrogens with two attached hydrogens (primary N) is 1. The Kier molecular flexibility index (Phi) is 18.7. The summed E-state index contributed by atoms with van der Waals surface area (Å²) in [6.07, 6.45) is 12.3. The first-order chi connectivity index (χ1) is 25.0. The van der Waals surface area contributed by atoms with E-state index in [0.717, 1.165) is 42.3 Å². The van der Waals surface area contributed by atoms with Crippen molar-refractivity contribution >= 4 is 44.3 Å². The quantitative estimate of drug-likeness (QED) is 0.0624. The normalized spacial score (nSPS) is 12.7. The molecule has 0 heterocycles. The molecule has 0 radical (unpaired) electrons. The maximum absolute atomic E-state index is 13.9. The molecule has 0 saturated heterocycles. The fraction of sp³-hybridized carbons (Fsp3) is 0.537. The van der Waals surface area contributed by atoms with Gasteiger partial charge < -0.3 is 20.1 Å². The summed E-state index contributed by atoms with van der Waals surface area (Å²) in [5, 5.41) is 1.24. The molecule has 3 aromatic rings. The van der Waals surface area contributed by atoms with Crippen LogP contribution in [0.5, 0.6) is 0 Å². The van der Waals surface area contributed by atoms with Gasteiger partial charge >= 0.3 is 11.9 Å². The predicted octanol–water partition coefficient (Wildman–Crippen LogP) is 7.95. The molecule has 3 N–H and O–H groups in total. The van der Waals surface area contributed by atoms with Crippen molar-refractivity contribution in [3.63, 3.8) is 0 Å². The lowest BCUT2D eigenvalue weighted by Gasteiger charge is -2.23. The molecule has 0 spiro atoms. The number of primary amides is 1. The Balaban J connectivity index is 1.68. The number of rotatable bonds is 26. The minimum absolute atomic E-state index is 0.0171. The van der Waals surface area contributed by atoms with Crippen molar-refractivity contribution in [3.05, 3.63) is 72.3 Å². The van der Waals surface area contributed by atoms with Crippen molar-refractivity contribution in [2.75, 3.05) is 19.0 Å². The molecule has 10 nitrogen and oxygen atoms in total. The summed E-state index contributed by atoms with van der Waals surface area (Å²) in [6.45, 7) is 2.33. The average molecular weight is 738 g/mol. The second kappa shape index (κ2) is 22.9. The third-order valence-corrected chi connectivity index (χ3v) is 10.7. The van der Waals surface area contributed by atoms with Gasteiger partial charge in [-0.05, 0) is 43.4 Å². The Bertz CT molecular complexity index is 1650. The van der Waals surface area contributed by atoms with Crippen LogP contribution in [0.3, 0.4) is 0 Å². The highest BCUT2D eigenvalue weighted by atomic mass is 32.2. The number of benzene rings is 3. The fourth-order valence-corrected chi connectivity index (χ4v) is 7.78. The van der Waals surface area contributed by atoms with Gasteiger partial charge in [0.05, 0.1) is 11.3 Å². The van der Waals surface area contributed by atoms with Gasteiger partial charge in [0, 0.05) is 37.0 Å². The van der Waals surface area contributed by atoms with Gasteiger partial charge in [-0.15, -0.1) is 0 Å². The van der Waals surface area contributed by atoms with Crippen LogP contribution < -0.4 is 15.4 Å². The van der Waals surface area contributed by atoms with Crippen LogP contribution in [0.4, 0.5) is 5.69 Å². The van der Waals surface area contributed by atoms with E-state index < -0.39 is 40.0 Å². The van der Waals surface area contributed by atoms with Gasteiger partial charge in [0.25, 0.3) is 0 Å². The molecule has 3 aromatic carbocycles. The molecular formula is C41H59N3O7S. The number of esters is 2. The molecule has 52 heavy (non-hydrogen) atoms. The lowest BCUT2D eigenvalue weighted by molar-refractivity contribution is -0.153. The Hall–Kier alpha value is -3.96. The van der Waals surface area contributed by atoms with E-state index in [0.29, 0.717) is 11.8 Å². The summed E-state index contributed by atoms with van der Waals surface area (Å²) in [7, 11) is -0.487. The predicted molar refractivity (Wildman–Crippen MR) is 207 cm³/mol. The van der Waals surface area contributed by atoms with Crippen LogP contribution >= 0.6 is 0 Å². The summed E-state index contributed by atoms with van der Waals surface area (Å²) in [6, 6.07) is 18.4. The smallest absolute Gasteiger partial charge is 0.324 e. The summed E-state index contributed by atoms with van der Waals surface area (Å²) < 4.78 is 41.7. The van der Waals surface area contributed by atoms with Crippen LogP contribution in [0.2, 0.25) is 0 Å². The van der Waals surface area contributed by atoms with Crippen molar-refractivity contribution in [2.45, 2.75) is 133 Å². The molecule has 0 unspecified atom stereocenters. The van der Waals surface area contributed by atoms with Crippen molar-refractivity contribution in [3.8, 4) is 0 Å². The van der Waals surface area contributed by atoms with Gasteiger partial charge in [-0.25, -0.2) is 8.42 Å². The molecule has 0 aliphatic rings. The highest BCUT2D eigenvalue weighted by Crippen LogP contribution is 2.30. The maximum Gasteiger partial charge on any atom is 0.324 e. The number of fused-ring (bicyclic) bond motifs is 1. The van der Waals surface area contributed by atoms with Crippen molar-refractivity contribution in [1.29, 1.82) is 0 Å². The number of hydrogen-bond acceptors (Lipinski definition) is 8. The second-order valence-electron chi connectivity index (χ2n) is 13.8. The summed E-state index contributed by atoms with van der Waals surface area (Å²) in [5.41, 5.74) is 7.21. The Labute approximate surface area is 310 Å². The number of nitrogens with zero attached hydrogens (tertiary/aromatic N) is 1. The Morgan fingerprint density at radius 1 is 0.750 bits per heavy atom. The zero-order chi connectivity index (χ0) is 37.8. The number of anilines is 1. The van der Waals surface area contributed by atoms with E-state index in [1.165, 1.54) is 51.0 Å². The monoisotopic (exact) mass is 737 g/mol. The first-order valence-corrected chi connectivity index (χ1v) is 20.4. The van der Waals surface area contributed by atoms with Gasteiger partial charge in [-0.1, -0.05) is 126 Å². The number of unbranched alkanes of at least 4 members (excludes halogenated alkanes) is 10. The van der Waals surface area contributed by atoms with Crippen molar-refractivity contribution in [2.24, 2.45) is 5.73 Å². The van der Waals surface area contributed by atoms with Crippen LogP contribution in [0, 0.1) is 0 Å². The first kappa shape index (κ1) is 42.5. The van der Waals surface area contributed by atoms with E-state index in [1.54, 1.807) is 18.2 Å². The zero-order valence-electron chi connectivity index (χ0n) is 31.3. The molecule has 2 atom stereocenters. The maximum atomic E-state index is 13.9. The topological polar surface area (TPSA) is 145 Å². The molecule has 0 aromatic heterocycles. The van der Waals surface area contributed by atoms with Gasteiger partial charge in [0.1, 0.15) is 18.8 Å². The Morgan fingerprint density at radius 3 is 2.00 bits per heavy atom. The lowest BCUT2D eigenvalue weighted by Crippen LogP contribution is -2.43. The molecule has 286 valence electrons. The fourth-order valence-electron chi connectivity index (χ4n) is 6.33. The van der Waals surface area contributed by atoms with E-state index in [1.807, 2.05) is 61.5 Å². The summed E-state index contributed by atoms with van der Waals surface area (Å²) in [4.78, 5) is 40.1. The number of hydrogen-bond donors (Lipinski definition) is 2. The number of amides is 1. The van der Waals surface area contributed by atoms with Gasteiger partial charge in [0.15, 0.2) is 0 Å². The van der Waals surface area contributed by atoms with E-state index in [2.05, 4.69) is 11.6 Å². The molecule has 0 fully saturated rings. The van der Waals surface area contributed by atoms with Crippen molar-refractivity contribution in [1.82, 2.24) is 4.72 Å². The number of carbonyl (C=O) groups excluding carboxylic acids is 3. The van der Waals surface area contributed by atoms with Crippen LogP contribution in [0.15, 0.2) is 71.6 Å². The first-order valence-electron chi connectivity index (χ1n) is 18.9. The molecule has 0 bridgehead atoms. The number of sulfonamides is 1. The largest absolute Gasteiger partial charge is 0.461 e. The van der Waals surface area contributed by atoms with Crippen LogP contribution in [-0.2, 0) is 40.5 Å². The standard InChI is InChI=1S/C41H59N3O7S/c1-4-5-6-7-8-9-10-11-12-13-17-23-33(30-39(42)45)51-41(47)36(26-20-29-40(46)50-31-32-21-15-14-16-22-32)43-52(48,49)38-28-19-24-34-35(38)25-18-27-37(34)44(2)3/h14-16,18-19,21-22,24-25,27-28,33,36,43H,4-13,17,20,23,26,29-31H2,1-3H3,(H2,42,45)/t33-,36-/m0/s1. The van der Waals surface area contributed by atoms with Gasteiger partial charge in [0.2, 0.25) is 15.9 Å². The molecule has 0 saturated carbocycles. The highest BCUT2D eigenvalue weighted by molar-refractivity contribution is 7.89. The van der Waals surface area contributed by atoms with E-state index >= 15 is 0 Å². The van der Waals surface area contributed by atoms with E-state index in [9.17, 15) is 22.8 Å². The summed E-state index contributed by atoms with van der Waals surface area (Å²) >= 11 is 0. The SMILES string of the molecule is CCCCCCCCCCCCC[C@@H](CC(N)=O)OC(=O)[C@H](CCCC(=O)OCc1ccccc1)NS(=O)(=O)c1cccc2c(N(C)C)cccc12. The Morgan fingerprint density at radius 2 is 1.37 bits per heavy atom. The van der Waals surface area contributed by atoms with Crippen LogP contribution in [0.25, 0.3) is 10.8 Å². The number of nitrogens with one attached hydrogen (secondary N) is 1. The molecular weight excluding hydrogens is 679 g/mol. The van der Waals surface area contributed by atoms with E-state index in [-0.39, 0.29) is 37.2 Å². The van der Waals surface area contributed by atoms with Gasteiger partial charge in [-0.2, -0.15) is 4.72 Å².